The Morgan fingerprint density at radius 2 is 2.11 bits per heavy atom. The van der Waals surface area contributed by atoms with Crippen molar-refractivity contribution >= 4 is 11.0 Å². The summed E-state index contributed by atoms with van der Waals surface area (Å²) in [5.41, 5.74) is 7.35. The lowest BCUT2D eigenvalue weighted by Gasteiger charge is -2.07. The molecule has 19 heavy (non-hydrogen) atoms. The minimum Gasteiger partial charge on any atom is -0.454 e. The van der Waals surface area contributed by atoms with E-state index >= 15 is 0 Å². The molecule has 1 aliphatic heterocycles. The van der Waals surface area contributed by atoms with E-state index in [2.05, 4.69) is 9.55 Å². The zero-order valence-electron chi connectivity index (χ0n) is 10.9. The van der Waals surface area contributed by atoms with Gasteiger partial charge in [0.25, 0.3) is 0 Å². The zero-order chi connectivity index (χ0) is 13.2. The number of aryl methyl sites for hydroxylation is 1. The first-order valence-electron chi connectivity index (χ1n) is 6.34. The van der Waals surface area contributed by atoms with E-state index in [9.17, 15) is 0 Å². The van der Waals surface area contributed by atoms with Gasteiger partial charge >= 0.3 is 0 Å². The maximum absolute atomic E-state index is 5.42. The van der Waals surface area contributed by atoms with Crippen LogP contribution in [0.25, 0.3) is 11.0 Å². The molecule has 0 fully saturated rings. The summed E-state index contributed by atoms with van der Waals surface area (Å²) in [7, 11) is 0. The Balaban J connectivity index is 1.88. The summed E-state index contributed by atoms with van der Waals surface area (Å²) < 4.78 is 18.3. The first-order valence-corrected chi connectivity index (χ1v) is 6.34. The molecule has 1 aromatic heterocycles. The maximum Gasteiger partial charge on any atom is 0.231 e. The molecule has 0 saturated carbocycles. The molecule has 6 nitrogen and oxygen atoms in total. The molecule has 0 radical (unpaired) electrons. The molecule has 6 heteroatoms. The summed E-state index contributed by atoms with van der Waals surface area (Å²) in [6, 6.07) is 3.89. The second-order valence-corrected chi connectivity index (χ2v) is 4.41. The first kappa shape index (κ1) is 12.3. The fourth-order valence-electron chi connectivity index (χ4n) is 2.26. The van der Waals surface area contributed by atoms with Crippen LogP contribution >= 0.6 is 0 Å². The zero-order valence-corrected chi connectivity index (χ0v) is 10.9. The summed E-state index contributed by atoms with van der Waals surface area (Å²) in [5, 5.41) is 0. The molecule has 0 saturated heterocycles. The molecular weight excluding hydrogens is 246 g/mol. The molecule has 0 unspecified atom stereocenters. The number of imidazole rings is 1. The highest BCUT2D eigenvalue weighted by Crippen LogP contribution is 2.36. The Bertz CT molecular complexity index is 594. The van der Waals surface area contributed by atoms with E-state index in [1.165, 1.54) is 0 Å². The standard InChI is InChI=1S/C13H17N3O3/c1-9-15-10-6-12-13(19-8-18-12)7-11(10)16(9)3-5-17-4-2-14/h6-7H,2-5,8,14H2,1H3. The highest BCUT2D eigenvalue weighted by Gasteiger charge is 2.17. The Morgan fingerprint density at radius 1 is 1.32 bits per heavy atom. The van der Waals surface area contributed by atoms with E-state index in [0.29, 0.717) is 19.8 Å². The quantitative estimate of drug-likeness (QED) is 0.816. The molecule has 1 aliphatic rings. The van der Waals surface area contributed by atoms with Gasteiger partial charge in [-0.1, -0.05) is 0 Å². The molecule has 0 aliphatic carbocycles. The second-order valence-electron chi connectivity index (χ2n) is 4.41. The molecule has 0 bridgehead atoms. The van der Waals surface area contributed by atoms with Crippen molar-refractivity contribution in [2.75, 3.05) is 26.6 Å². The minimum absolute atomic E-state index is 0.278. The third kappa shape index (κ3) is 2.24. The fourth-order valence-corrected chi connectivity index (χ4v) is 2.26. The van der Waals surface area contributed by atoms with Crippen molar-refractivity contribution in [3.05, 3.63) is 18.0 Å². The summed E-state index contributed by atoms with van der Waals surface area (Å²) in [4.78, 5) is 4.54. The molecule has 0 atom stereocenters. The van der Waals surface area contributed by atoms with Crippen LogP contribution < -0.4 is 15.2 Å². The van der Waals surface area contributed by atoms with Crippen LogP contribution in [0.2, 0.25) is 0 Å². The normalized spacial score (nSPS) is 13.4. The van der Waals surface area contributed by atoms with Crippen molar-refractivity contribution in [2.45, 2.75) is 13.5 Å². The van der Waals surface area contributed by atoms with Gasteiger partial charge in [-0.25, -0.2) is 4.98 Å². The van der Waals surface area contributed by atoms with Gasteiger partial charge in [0.2, 0.25) is 6.79 Å². The lowest BCUT2D eigenvalue weighted by Crippen LogP contribution is -2.13. The molecule has 2 N–H and O–H groups in total. The average Bonchev–Trinajstić information content (AvgIpc) is 2.96. The third-order valence-electron chi connectivity index (χ3n) is 3.15. The van der Waals surface area contributed by atoms with E-state index in [1.54, 1.807) is 0 Å². The van der Waals surface area contributed by atoms with E-state index in [0.717, 1.165) is 34.9 Å². The van der Waals surface area contributed by atoms with Crippen LogP contribution in [0.15, 0.2) is 12.1 Å². The lowest BCUT2D eigenvalue weighted by atomic mass is 10.2. The summed E-state index contributed by atoms with van der Waals surface area (Å²) in [5.74, 6) is 2.49. The molecule has 3 rings (SSSR count). The molecule has 1 aromatic carbocycles. The van der Waals surface area contributed by atoms with E-state index in [-0.39, 0.29) is 6.79 Å². The van der Waals surface area contributed by atoms with Crippen LogP contribution in [0.4, 0.5) is 0 Å². The Kier molecular flexibility index (Phi) is 3.27. The molecule has 0 spiro atoms. The van der Waals surface area contributed by atoms with Crippen molar-refractivity contribution < 1.29 is 14.2 Å². The Morgan fingerprint density at radius 3 is 2.89 bits per heavy atom. The Hall–Kier alpha value is -1.79. The number of hydrogen-bond acceptors (Lipinski definition) is 5. The number of nitrogens with zero attached hydrogens (tertiary/aromatic N) is 2. The summed E-state index contributed by atoms with van der Waals surface area (Å²) in [6.07, 6.45) is 0. The van der Waals surface area contributed by atoms with Gasteiger partial charge in [0, 0.05) is 25.2 Å². The van der Waals surface area contributed by atoms with Crippen molar-refractivity contribution in [1.82, 2.24) is 9.55 Å². The molecule has 2 aromatic rings. The van der Waals surface area contributed by atoms with Crippen LogP contribution in [-0.4, -0.2) is 36.1 Å². The van der Waals surface area contributed by atoms with Gasteiger partial charge < -0.3 is 24.5 Å². The number of ether oxygens (including phenoxy) is 3. The van der Waals surface area contributed by atoms with Crippen molar-refractivity contribution in [1.29, 1.82) is 0 Å². The fraction of sp³-hybridized carbons (Fsp3) is 0.462. The summed E-state index contributed by atoms with van der Waals surface area (Å²) >= 11 is 0. The van der Waals surface area contributed by atoms with Gasteiger partial charge in [0.05, 0.1) is 24.2 Å². The molecule has 102 valence electrons. The van der Waals surface area contributed by atoms with E-state index < -0.39 is 0 Å². The smallest absolute Gasteiger partial charge is 0.231 e. The van der Waals surface area contributed by atoms with Crippen LogP contribution in [0.1, 0.15) is 5.82 Å². The van der Waals surface area contributed by atoms with E-state index in [4.69, 9.17) is 19.9 Å². The highest BCUT2D eigenvalue weighted by atomic mass is 16.7. The van der Waals surface area contributed by atoms with Crippen LogP contribution in [0.3, 0.4) is 0 Å². The number of nitrogens with two attached hydrogens (primary N) is 1. The van der Waals surface area contributed by atoms with Gasteiger partial charge in [0.15, 0.2) is 11.5 Å². The van der Waals surface area contributed by atoms with Crippen LogP contribution in [-0.2, 0) is 11.3 Å². The minimum atomic E-state index is 0.278. The van der Waals surface area contributed by atoms with E-state index in [1.807, 2.05) is 19.1 Å². The van der Waals surface area contributed by atoms with Gasteiger partial charge in [-0.05, 0) is 6.92 Å². The highest BCUT2D eigenvalue weighted by molar-refractivity contribution is 5.81. The monoisotopic (exact) mass is 263 g/mol. The largest absolute Gasteiger partial charge is 0.454 e. The average molecular weight is 263 g/mol. The number of aromatic nitrogens is 2. The second kappa shape index (κ2) is 5.07. The summed E-state index contributed by atoms with van der Waals surface area (Å²) in [6.45, 7) is 4.76. The predicted molar refractivity (Wildman–Crippen MR) is 70.5 cm³/mol. The molecular formula is C13H17N3O3. The van der Waals surface area contributed by atoms with Gasteiger partial charge in [0.1, 0.15) is 5.82 Å². The van der Waals surface area contributed by atoms with Crippen molar-refractivity contribution in [3.63, 3.8) is 0 Å². The maximum atomic E-state index is 5.42. The van der Waals surface area contributed by atoms with Gasteiger partial charge in [-0.15, -0.1) is 0 Å². The van der Waals surface area contributed by atoms with Gasteiger partial charge in [-0.3, -0.25) is 0 Å². The predicted octanol–water partition coefficient (Wildman–Crippen LogP) is 1.05. The molecule has 0 amide bonds. The van der Waals surface area contributed by atoms with Crippen LogP contribution in [0.5, 0.6) is 11.5 Å². The van der Waals surface area contributed by atoms with Crippen molar-refractivity contribution in [2.24, 2.45) is 5.73 Å². The molecule has 2 heterocycles. The SMILES string of the molecule is Cc1nc2cc3c(cc2n1CCOCCN)OCO3. The van der Waals surface area contributed by atoms with Crippen LogP contribution in [0, 0.1) is 6.92 Å². The number of rotatable bonds is 5. The Labute approximate surface area is 111 Å². The number of hydrogen-bond donors (Lipinski definition) is 1. The number of fused-ring (bicyclic) bond motifs is 2. The van der Waals surface area contributed by atoms with Crippen molar-refractivity contribution in [3.8, 4) is 11.5 Å². The first-order chi connectivity index (χ1) is 9.29. The van der Waals surface area contributed by atoms with Gasteiger partial charge in [-0.2, -0.15) is 0 Å². The number of benzene rings is 1. The topological polar surface area (TPSA) is 71.5 Å². The lowest BCUT2D eigenvalue weighted by molar-refractivity contribution is 0.133. The third-order valence-corrected chi connectivity index (χ3v) is 3.15.